The monoisotopic (exact) mass is 268 g/mol. The maximum absolute atomic E-state index is 10.9. The normalized spacial score (nSPS) is 17.8. The van der Waals surface area contributed by atoms with E-state index in [9.17, 15) is 4.79 Å². The van der Waals surface area contributed by atoms with Gasteiger partial charge < -0.3 is 10.8 Å². The molecule has 0 radical (unpaired) electrons. The van der Waals surface area contributed by atoms with Gasteiger partial charge in [-0.2, -0.15) is 0 Å². The highest BCUT2D eigenvalue weighted by Gasteiger charge is 2.24. The number of carbonyl (C=O) groups is 1. The summed E-state index contributed by atoms with van der Waals surface area (Å²) in [6, 6.07) is 5.46. The molecule has 5 heteroatoms. The van der Waals surface area contributed by atoms with Gasteiger partial charge in [-0.1, -0.05) is 11.6 Å². The maximum Gasteiger partial charge on any atom is 0.306 e. The minimum absolute atomic E-state index is 0.197. The molecular formula is C13H17ClN2O2. The van der Waals surface area contributed by atoms with Crippen molar-refractivity contribution in [3.05, 3.63) is 28.8 Å². The van der Waals surface area contributed by atoms with Crippen LogP contribution in [-0.2, 0) is 11.3 Å². The molecule has 0 amide bonds. The quantitative estimate of drug-likeness (QED) is 0.825. The largest absolute Gasteiger partial charge is 0.481 e. The minimum Gasteiger partial charge on any atom is -0.481 e. The summed E-state index contributed by atoms with van der Waals surface area (Å²) in [6.45, 7) is 2.32. The topological polar surface area (TPSA) is 66.6 Å². The number of aliphatic carboxylic acids is 1. The first-order valence-electron chi connectivity index (χ1n) is 6.05. The van der Waals surface area contributed by atoms with Crippen molar-refractivity contribution in [3.8, 4) is 0 Å². The number of benzene rings is 1. The molecular weight excluding hydrogens is 252 g/mol. The Morgan fingerprint density at radius 3 is 2.72 bits per heavy atom. The number of carboxylic acids is 1. The van der Waals surface area contributed by atoms with E-state index in [1.807, 2.05) is 6.07 Å². The fourth-order valence-corrected chi connectivity index (χ4v) is 2.47. The molecule has 1 aliphatic heterocycles. The molecule has 2 rings (SSSR count). The van der Waals surface area contributed by atoms with E-state index >= 15 is 0 Å². The smallest absolute Gasteiger partial charge is 0.306 e. The number of hydrogen-bond acceptors (Lipinski definition) is 3. The van der Waals surface area contributed by atoms with Crippen LogP contribution < -0.4 is 5.73 Å². The molecule has 0 saturated carbocycles. The molecule has 1 aromatic rings. The third kappa shape index (κ3) is 3.15. The predicted molar refractivity (Wildman–Crippen MR) is 71.5 cm³/mol. The number of rotatable bonds is 3. The van der Waals surface area contributed by atoms with Gasteiger partial charge in [-0.25, -0.2) is 0 Å². The third-order valence-corrected chi connectivity index (χ3v) is 3.77. The van der Waals surface area contributed by atoms with Crippen molar-refractivity contribution in [3.63, 3.8) is 0 Å². The van der Waals surface area contributed by atoms with Crippen LogP contribution in [0.15, 0.2) is 18.2 Å². The van der Waals surface area contributed by atoms with Crippen molar-refractivity contribution in [1.82, 2.24) is 4.90 Å². The van der Waals surface area contributed by atoms with E-state index in [0.29, 0.717) is 23.6 Å². The molecule has 1 saturated heterocycles. The summed E-state index contributed by atoms with van der Waals surface area (Å²) in [4.78, 5) is 13.1. The summed E-state index contributed by atoms with van der Waals surface area (Å²) >= 11 is 6.12. The number of anilines is 1. The Morgan fingerprint density at radius 1 is 1.44 bits per heavy atom. The van der Waals surface area contributed by atoms with Gasteiger partial charge in [0.2, 0.25) is 0 Å². The lowest BCUT2D eigenvalue weighted by Crippen LogP contribution is -2.35. The predicted octanol–water partition coefficient (Wildman–Crippen LogP) is 2.22. The Bertz CT molecular complexity index is 443. The average Bonchev–Trinajstić information content (AvgIpc) is 2.34. The molecule has 1 fully saturated rings. The summed E-state index contributed by atoms with van der Waals surface area (Å²) in [7, 11) is 0. The molecule has 3 N–H and O–H groups in total. The fraction of sp³-hybridized carbons (Fsp3) is 0.462. The van der Waals surface area contributed by atoms with Crippen molar-refractivity contribution < 1.29 is 9.90 Å². The summed E-state index contributed by atoms with van der Waals surface area (Å²) < 4.78 is 0. The molecule has 0 atom stereocenters. The van der Waals surface area contributed by atoms with Gasteiger partial charge >= 0.3 is 5.97 Å². The molecule has 0 bridgehead atoms. The van der Waals surface area contributed by atoms with E-state index in [1.165, 1.54) is 0 Å². The SMILES string of the molecule is Nc1ccc(Cl)c(CN2CCC(C(=O)O)CC2)c1. The second-order valence-corrected chi connectivity index (χ2v) is 5.15. The highest BCUT2D eigenvalue weighted by atomic mass is 35.5. The van der Waals surface area contributed by atoms with E-state index in [1.54, 1.807) is 12.1 Å². The first kappa shape index (κ1) is 13.2. The Balaban J connectivity index is 1.95. The molecule has 1 aromatic carbocycles. The van der Waals surface area contributed by atoms with Crippen LogP contribution >= 0.6 is 11.6 Å². The van der Waals surface area contributed by atoms with Crippen molar-refractivity contribution in [2.75, 3.05) is 18.8 Å². The average molecular weight is 269 g/mol. The first-order chi connectivity index (χ1) is 8.56. The van der Waals surface area contributed by atoms with Crippen LogP contribution in [0.3, 0.4) is 0 Å². The first-order valence-corrected chi connectivity index (χ1v) is 6.43. The van der Waals surface area contributed by atoms with Crippen LogP contribution in [0.5, 0.6) is 0 Å². The molecule has 98 valence electrons. The zero-order chi connectivity index (χ0) is 13.1. The number of carboxylic acid groups (broad SMARTS) is 1. The van der Waals surface area contributed by atoms with Gasteiger partial charge in [-0.15, -0.1) is 0 Å². The van der Waals surface area contributed by atoms with Crippen LogP contribution in [-0.4, -0.2) is 29.1 Å². The van der Waals surface area contributed by atoms with Gasteiger partial charge in [0.05, 0.1) is 5.92 Å². The van der Waals surface area contributed by atoms with Gasteiger partial charge in [0.1, 0.15) is 0 Å². The lowest BCUT2D eigenvalue weighted by atomic mass is 9.97. The number of nitrogen functional groups attached to an aromatic ring is 1. The second kappa shape index (κ2) is 5.59. The zero-order valence-electron chi connectivity index (χ0n) is 10.1. The van der Waals surface area contributed by atoms with E-state index in [4.69, 9.17) is 22.4 Å². The van der Waals surface area contributed by atoms with Gasteiger partial charge in [0.25, 0.3) is 0 Å². The molecule has 18 heavy (non-hydrogen) atoms. The summed E-state index contributed by atoms with van der Waals surface area (Å²) in [5.41, 5.74) is 7.45. The highest BCUT2D eigenvalue weighted by Crippen LogP contribution is 2.24. The third-order valence-electron chi connectivity index (χ3n) is 3.40. The van der Waals surface area contributed by atoms with E-state index < -0.39 is 5.97 Å². The summed E-state index contributed by atoms with van der Waals surface area (Å²) in [5.74, 6) is -0.880. The molecule has 0 spiro atoms. The Kier molecular flexibility index (Phi) is 4.09. The summed E-state index contributed by atoms with van der Waals surface area (Å²) in [5, 5.41) is 9.65. The van der Waals surface area contributed by atoms with Gasteiger partial charge in [0.15, 0.2) is 0 Å². The lowest BCUT2D eigenvalue weighted by molar-refractivity contribution is -0.143. The minimum atomic E-state index is -0.684. The Hall–Kier alpha value is -1.26. The zero-order valence-corrected chi connectivity index (χ0v) is 10.9. The molecule has 0 unspecified atom stereocenters. The second-order valence-electron chi connectivity index (χ2n) is 4.74. The number of likely N-dealkylation sites (tertiary alicyclic amines) is 1. The number of piperidine rings is 1. The van der Waals surface area contributed by atoms with Gasteiger partial charge in [0, 0.05) is 17.3 Å². The molecule has 0 aliphatic carbocycles. The number of halogens is 1. The van der Waals surface area contributed by atoms with Crippen molar-refractivity contribution >= 4 is 23.3 Å². The van der Waals surface area contributed by atoms with E-state index in [0.717, 1.165) is 25.2 Å². The number of nitrogens with zero attached hydrogens (tertiary/aromatic N) is 1. The molecule has 1 aliphatic rings. The Labute approximate surface area is 111 Å². The van der Waals surface area contributed by atoms with Crippen LogP contribution in [0.4, 0.5) is 5.69 Å². The number of hydrogen-bond donors (Lipinski definition) is 2. The molecule has 4 nitrogen and oxygen atoms in total. The van der Waals surface area contributed by atoms with Crippen molar-refractivity contribution in [2.45, 2.75) is 19.4 Å². The van der Waals surface area contributed by atoms with Crippen LogP contribution in [0.2, 0.25) is 5.02 Å². The van der Waals surface area contributed by atoms with Crippen molar-refractivity contribution in [2.24, 2.45) is 5.92 Å². The van der Waals surface area contributed by atoms with Crippen LogP contribution in [0.1, 0.15) is 18.4 Å². The molecule has 1 heterocycles. The highest BCUT2D eigenvalue weighted by molar-refractivity contribution is 6.31. The lowest BCUT2D eigenvalue weighted by Gasteiger charge is -2.30. The Morgan fingerprint density at radius 2 is 2.11 bits per heavy atom. The summed E-state index contributed by atoms with van der Waals surface area (Å²) in [6.07, 6.45) is 1.41. The fourth-order valence-electron chi connectivity index (χ4n) is 2.29. The van der Waals surface area contributed by atoms with Crippen LogP contribution in [0, 0.1) is 5.92 Å². The van der Waals surface area contributed by atoms with E-state index in [2.05, 4.69) is 4.90 Å². The van der Waals surface area contributed by atoms with E-state index in [-0.39, 0.29) is 5.92 Å². The van der Waals surface area contributed by atoms with Gasteiger partial charge in [-0.3, -0.25) is 9.69 Å². The number of nitrogens with two attached hydrogens (primary N) is 1. The van der Waals surface area contributed by atoms with Crippen LogP contribution in [0.25, 0.3) is 0 Å². The van der Waals surface area contributed by atoms with Crippen molar-refractivity contribution in [1.29, 1.82) is 0 Å². The standard InChI is InChI=1S/C13H17ClN2O2/c14-12-2-1-11(15)7-10(12)8-16-5-3-9(4-6-16)13(17)18/h1-2,7,9H,3-6,8,15H2,(H,17,18). The van der Waals surface area contributed by atoms with Gasteiger partial charge in [-0.05, 0) is 49.7 Å². The maximum atomic E-state index is 10.9. The molecule has 0 aromatic heterocycles.